The van der Waals surface area contributed by atoms with Gasteiger partial charge < -0.3 is 10.4 Å². The summed E-state index contributed by atoms with van der Waals surface area (Å²) in [6.07, 6.45) is 5.03. The molecule has 1 aliphatic carbocycles. The van der Waals surface area contributed by atoms with Gasteiger partial charge >= 0.3 is 5.97 Å². The van der Waals surface area contributed by atoms with Gasteiger partial charge in [0.25, 0.3) is 0 Å². The van der Waals surface area contributed by atoms with Crippen molar-refractivity contribution in [3.8, 4) is 0 Å². The normalized spacial score (nSPS) is 18.0. The van der Waals surface area contributed by atoms with Gasteiger partial charge in [0.15, 0.2) is 0 Å². The van der Waals surface area contributed by atoms with Gasteiger partial charge in [0, 0.05) is 6.08 Å². The van der Waals surface area contributed by atoms with Gasteiger partial charge in [-0.3, -0.25) is 4.79 Å². The Kier molecular flexibility index (Phi) is 4.52. The molecule has 16 heavy (non-hydrogen) atoms. The molecule has 4 heteroatoms. The summed E-state index contributed by atoms with van der Waals surface area (Å²) in [5.41, 5.74) is 1.05. The van der Waals surface area contributed by atoms with Crippen LogP contribution in [0.25, 0.3) is 0 Å². The van der Waals surface area contributed by atoms with E-state index in [9.17, 15) is 9.59 Å². The van der Waals surface area contributed by atoms with Crippen molar-refractivity contribution in [3.05, 3.63) is 11.6 Å². The number of aliphatic carboxylic acids is 1. The van der Waals surface area contributed by atoms with E-state index in [1.807, 2.05) is 13.8 Å². The predicted molar refractivity (Wildman–Crippen MR) is 61.0 cm³/mol. The molecule has 0 aromatic heterocycles. The second-order valence-electron chi connectivity index (χ2n) is 4.35. The maximum atomic E-state index is 11.5. The Morgan fingerprint density at radius 1 is 1.50 bits per heavy atom. The van der Waals surface area contributed by atoms with Gasteiger partial charge in [-0.15, -0.1) is 0 Å². The molecule has 1 saturated carbocycles. The van der Waals surface area contributed by atoms with E-state index in [0.717, 1.165) is 24.8 Å². The number of allylic oxidation sites excluding steroid dienone is 1. The number of hydrogen-bond donors (Lipinski definition) is 2. The molecular formula is C12H19NO3. The molecular weight excluding hydrogens is 206 g/mol. The van der Waals surface area contributed by atoms with Crippen molar-refractivity contribution in [1.82, 2.24) is 5.32 Å². The fourth-order valence-electron chi connectivity index (χ4n) is 1.62. The molecule has 1 unspecified atom stereocenters. The molecule has 90 valence electrons. The van der Waals surface area contributed by atoms with Crippen molar-refractivity contribution >= 4 is 11.9 Å². The topological polar surface area (TPSA) is 66.4 Å². The van der Waals surface area contributed by atoms with Crippen molar-refractivity contribution in [3.63, 3.8) is 0 Å². The zero-order valence-electron chi connectivity index (χ0n) is 9.82. The highest BCUT2D eigenvalue weighted by Gasteiger charge is 2.24. The van der Waals surface area contributed by atoms with Crippen LogP contribution in [0.15, 0.2) is 11.6 Å². The first kappa shape index (κ1) is 12.7. The zero-order valence-corrected chi connectivity index (χ0v) is 9.82. The van der Waals surface area contributed by atoms with Crippen LogP contribution in [0.4, 0.5) is 0 Å². The van der Waals surface area contributed by atoms with Crippen molar-refractivity contribution in [1.29, 1.82) is 0 Å². The van der Waals surface area contributed by atoms with E-state index in [2.05, 4.69) is 5.32 Å². The molecule has 1 amide bonds. The minimum atomic E-state index is -0.965. The first-order chi connectivity index (χ1) is 7.54. The highest BCUT2D eigenvalue weighted by molar-refractivity contribution is 5.91. The Morgan fingerprint density at radius 2 is 2.12 bits per heavy atom. The van der Waals surface area contributed by atoms with Crippen LogP contribution in [0, 0.1) is 5.92 Å². The lowest BCUT2D eigenvalue weighted by Crippen LogP contribution is -2.39. The molecule has 1 rings (SSSR count). The first-order valence-electron chi connectivity index (χ1n) is 5.76. The molecule has 2 N–H and O–H groups in total. The maximum absolute atomic E-state index is 11.5. The van der Waals surface area contributed by atoms with E-state index in [1.54, 1.807) is 0 Å². The average Bonchev–Trinajstić information content (AvgIpc) is 2.99. The summed E-state index contributed by atoms with van der Waals surface area (Å²) in [6.45, 7) is 3.82. The van der Waals surface area contributed by atoms with E-state index in [-0.39, 0.29) is 5.91 Å². The predicted octanol–water partition coefficient (Wildman–Crippen LogP) is 1.71. The van der Waals surface area contributed by atoms with Crippen LogP contribution in [-0.2, 0) is 9.59 Å². The minimum Gasteiger partial charge on any atom is -0.480 e. The summed E-state index contributed by atoms with van der Waals surface area (Å²) in [6, 6.07) is -0.763. The molecule has 1 aliphatic rings. The molecule has 0 radical (unpaired) electrons. The van der Waals surface area contributed by atoms with Crippen molar-refractivity contribution in [2.45, 2.75) is 45.6 Å². The SMILES string of the molecule is CCCC(NC(=O)/C=C(/C)C1CC1)C(=O)O. The second kappa shape index (κ2) is 5.68. The monoisotopic (exact) mass is 225 g/mol. The number of hydrogen-bond acceptors (Lipinski definition) is 2. The third kappa shape index (κ3) is 4.04. The summed E-state index contributed by atoms with van der Waals surface area (Å²) in [5, 5.41) is 11.4. The largest absolute Gasteiger partial charge is 0.480 e. The second-order valence-corrected chi connectivity index (χ2v) is 4.35. The number of carboxylic acids is 1. The number of carbonyl (C=O) groups excluding carboxylic acids is 1. The van der Waals surface area contributed by atoms with Crippen LogP contribution < -0.4 is 5.32 Å². The van der Waals surface area contributed by atoms with Gasteiger partial charge in [-0.2, -0.15) is 0 Å². The fourth-order valence-corrected chi connectivity index (χ4v) is 1.62. The zero-order chi connectivity index (χ0) is 12.1. The Balaban J connectivity index is 2.47. The Morgan fingerprint density at radius 3 is 2.56 bits per heavy atom. The first-order valence-corrected chi connectivity index (χ1v) is 5.76. The summed E-state index contributed by atoms with van der Waals surface area (Å²) in [4.78, 5) is 22.3. The molecule has 0 bridgehead atoms. The van der Waals surface area contributed by atoms with Crippen LogP contribution in [0.5, 0.6) is 0 Å². The standard InChI is InChI=1S/C12H19NO3/c1-3-4-10(12(15)16)13-11(14)7-8(2)9-5-6-9/h7,9-10H,3-6H2,1-2H3,(H,13,14)(H,15,16)/b8-7-. The highest BCUT2D eigenvalue weighted by Crippen LogP contribution is 2.35. The van der Waals surface area contributed by atoms with Crippen molar-refractivity contribution in [2.24, 2.45) is 5.92 Å². The Hall–Kier alpha value is -1.32. The van der Waals surface area contributed by atoms with Gasteiger partial charge in [0.05, 0.1) is 0 Å². The molecule has 0 saturated heterocycles. The average molecular weight is 225 g/mol. The van der Waals surface area contributed by atoms with E-state index in [1.165, 1.54) is 6.08 Å². The quantitative estimate of drug-likeness (QED) is 0.676. The Bertz CT molecular complexity index is 305. The van der Waals surface area contributed by atoms with E-state index in [0.29, 0.717) is 12.3 Å². The van der Waals surface area contributed by atoms with Crippen LogP contribution >= 0.6 is 0 Å². The smallest absolute Gasteiger partial charge is 0.326 e. The van der Waals surface area contributed by atoms with Crippen molar-refractivity contribution < 1.29 is 14.7 Å². The molecule has 0 spiro atoms. The fraction of sp³-hybridized carbons (Fsp3) is 0.667. The maximum Gasteiger partial charge on any atom is 0.326 e. The van der Waals surface area contributed by atoms with Gasteiger partial charge in [-0.1, -0.05) is 18.9 Å². The molecule has 0 aliphatic heterocycles. The molecule has 1 fully saturated rings. The van der Waals surface area contributed by atoms with E-state index >= 15 is 0 Å². The van der Waals surface area contributed by atoms with Crippen LogP contribution in [0.2, 0.25) is 0 Å². The van der Waals surface area contributed by atoms with Gasteiger partial charge in [0.1, 0.15) is 6.04 Å². The number of rotatable bonds is 6. The summed E-state index contributed by atoms with van der Waals surface area (Å²) < 4.78 is 0. The summed E-state index contributed by atoms with van der Waals surface area (Å²) in [5.74, 6) is -0.710. The lowest BCUT2D eigenvalue weighted by atomic mass is 10.1. The summed E-state index contributed by atoms with van der Waals surface area (Å²) in [7, 11) is 0. The molecule has 4 nitrogen and oxygen atoms in total. The highest BCUT2D eigenvalue weighted by atomic mass is 16.4. The van der Waals surface area contributed by atoms with Gasteiger partial charge in [0.2, 0.25) is 5.91 Å². The van der Waals surface area contributed by atoms with Crippen LogP contribution in [0.3, 0.4) is 0 Å². The lowest BCUT2D eigenvalue weighted by Gasteiger charge is -2.12. The van der Waals surface area contributed by atoms with Crippen molar-refractivity contribution in [2.75, 3.05) is 0 Å². The third-order valence-corrected chi connectivity index (χ3v) is 2.77. The lowest BCUT2D eigenvalue weighted by molar-refractivity contribution is -0.141. The molecule has 0 heterocycles. The Labute approximate surface area is 95.7 Å². The van der Waals surface area contributed by atoms with Crippen LogP contribution in [0.1, 0.15) is 39.5 Å². The molecule has 0 aromatic carbocycles. The van der Waals surface area contributed by atoms with Gasteiger partial charge in [-0.25, -0.2) is 4.79 Å². The molecule has 0 aromatic rings. The number of nitrogens with one attached hydrogen (secondary N) is 1. The number of amides is 1. The third-order valence-electron chi connectivity index (χ3n) is 2.77. The van der Waals surface area contributed by atoms with E-state index < -0.39 is 12.0 Å². The summed E-state index contributed by atoms with van der Waals surface area (Å²) >= 11 is 0. The van der Waals surface area contributed by atoms with Gasteiger partial charge in [-0.05, 0) is 32.1 Å². The minimum absolute atomic E-state index is 0.287. The molecule has 1 atom stereocenters. The van der Waals surface area contributed by atoms with E-state index in [4.69, 9.17) is 5.11 Å². The number of carboxylic acid groups (broad SMARTS) is 1. The number of carbonyl (C=O) groups is 2. The van der Waals surface area contributed by atoms with Crippen LogP contribution in [-0.4, -0.2) is 23.0 Å².